The normalized spacial score (nSPS) is 17.0. The van der Waals surface area contributed by atoms with Crippen molar-refractivity contribution in [2.75, 3.05) is 0 Å². The summed E-state index contributed by atoms with van der Waals surface area (Å²) in [6.45, 7) is 0.468. The molecule has 0 radical (unpaired) electrons. The van der Waals surface area contributed by atoms with Gasteiger partial charge in [-0.1, -0.05) is 0 Å². The molecular formula is C8H11N5. The summed E-state index contributed by atoms with van der Waals surface area (Å²) in [5.74, 6) is 2.44. The number of nitrogens with one attached hydrogen (secondary N) is 1. The highest BCUT2D eigenvalue weighted by Crippen LogP contribution is 2.38. The van der Waals surface area contributed by atoms with Crippen molar-refractivity contribution < 1.29 is 0 Å². The fourth-order valence-electron chi connectivity index (χ4n) is 1.47. The lowest BCUT2D eigenvalue weighted by Crippen LogP contribution is -1.96. The number of nitrogens with two attached hydrogens (primary N) is 1. The van der Waals surface area contributed by atoms with Gasteiger partial charge in [-0.3, -0.25) is 5.10 Å². The standard InChI is InChI=1S/C8H11N5/c9-3-6-4-13-8(10-6)11-7(12-13)5-1-2-5/h4-5H,1-3,9H2,(H,10,11,12). The SMILES string of the molecule is NCc1cn2[nH]c(C3CC3)nc2n1. The Morgan fingerprint density at radius 3 is 3.00 bits per heavy atom. The van der Waals surface area contributed by atoms with E-state index in [2.05, 4.69) is 15.1 Å². The summed E-state index contributed by atoms with van der Waals surface area (Å²) in [6.07, 6.45) is 4.40. The van der Waals surface area contributed by atoms with Gasteiger partial charge in [0.15, 0.2) is 0 Å². The third-order valence-corrected chi connectivity index (χ3v) is 2.37. The van der Waals surface area contributed by atoms with Crippen molar-refractivity contribution >= 4 is 5.78 Å². The smallest absolute Gasteiger partial charge is 0.250 e. The van der Waals surface area contributed by atoms with Crippen LogP contribution in [-0.4, -0.2) is 19.6 Å². The molecular weight excluding hydrogens is 166 g/mol. The van der Waals surface area contributed by atoms with Gasteiger partial charge < -0.3 is 5.73 Å². The van der Waals surface area contributed by atoms with Crippen molar-refractivity contribution in [2.24, 2.45) is 5.73 Å². The number of hydrogen-bond donors (Lipinski definition) is 2. The molecule has 5 nitrogen and oxygen atoms in total. The van der Waals surface area contributed by atoms with Gasteiger partial charge in [0.25, 0.3) is 5.78 Å². The fraction of sp³-hybridized carbons (Fsp3) is 0.500. The van der Waals surface area contributed by atoms with E-state index in [9.17, 15) is 0 Å². The molecule has 0 aromatic carbocycles. The molecule has 13 heavy (non-hydrogen) atoms. The lowest BCUT2D eigenvalue weighted by molar-refractivity contribution is 0.875. The van der Waals surface area contributed by atoms with E-state index in [4.69, 9.17) is 5.73 Å². The molecule has 3 N–H and O–H groups in total. The maximum absolute atomic E-state index is 5.47. The first-order chi connectivity index (χ1) is 6.36. The van der Waals surface area contributed by atoms with Crippen LogP contribution >= 0.6 is 0 Å². The van der Waals surface area contributed by atoms with Gasteiger partial charge in [-0.25, -0.2) is 9.50 Å². The number of imidazole rings is 1. The molecule has 2 aromatic heterocycles. The van der Waals surface area contributed by atoms with Gasteiger partial charge in [0, 0.05) is 12.5 Å². The highest BCUT2D eigenvalue weighted by molar-refractivity contribution is 5.30. The minimum absolute atomic E-state index is 0.468. The number of fused-ring (bicyclic) bond motifs is 1. The van der Waals surface area contributed by atoms with Gasteiger partial charge in [0.2, 0.25) is 0 Å². The number of aromatic amines is 1. The molecule has 2 aromatic rings. The largest absolute Gasteiger partial charge is 0.325 e. The Labute approximate surface area is 75.0 Å². The van der Waals surface area contributed by atoms with Crippen LogP contribution in [-0.2, 0) is 6.54 Å². The van der Waals surface area contributed by atoms with Gasteiger partial charge in [-0.2, -0.15) is 4.98 Å². The predicted molar refractivity (Wildman–Crippen MR) is 47.2 cm³/mol. The van der Waals surface area contributed by atoms with E-state index in [0.717, 1.165) is 17.3 Å². The van der Waals surface area contributed by atoms with Crippen LogP contribution in [0.3, 0.4) is 0 Å². The number of rotatable bonds is 2. The molecule has 3 rings (SSSR count). The van der Waals surface area contributed by atoms with Crippen molar-refractivity contribution in [2.45, 2.75) is 25.3 Å². The van der Waals surface area contributed by atoms with Crippen LogP contribution in [0.4, 0.5) is 0 Å². The fourth-order valence-corrected chi connectivity index (χ4v) is 1.47. The van der Waals surface area contributed by atoms with Crippen LogP contribution in [0.1, 0.15) is 30.3 Å². The monoisotopic (exact) mass is 177 g/mol. The molecule has 0 atom stereocenters. The Kier molecular flexibility index (Phi) is 1.26. The van der Waals surface area contributed by atoms with Crippen LogP contribution in [0.15, 0.2) is 6.20 Å². The predicted octanol–water partition coefficient (Wildman–Crippen LogP) is 0.393. The van der Waals surface area contributed by atoms with E-state index < -0.39 is 0 Å². The average molecular weight is 177 g/mol. The van der Waals surface area contributed by atoms with Crippen LogP contribution in [0, 0.1) is 0 Å². The summed E-state index contributed by atoms with van der Waals surface area (Å²) in [6, 6.07) is 0. The number of aromatic nitrogens is 4. The first-order valence-corrected chi connectivity index (χ1v) is 4.51. The molecule has 2 heterocycles. The van der Waals surface area contributed by atoms with Crippen LogP contribution < -0.4 is 5.73 Å². The van der Waals surface area contributed by atoms with Gasteiger partial charge >= 0.3 is 0 Å². The van der Waals surface area contributed by atoms with Crippen molar-refractivity contribution in [1.29, 1.82) is 0 Å². The quantitative estimate of drug-likeness (QED) is 0.697. The molecule has 0 aliphatic heterocycles. The Morgan fingerprint density at radius 2 is 2.38 bits per heavy atom. The summed E-state index contributed by atoms with van der Waals surface area (Å²) in [5, 5.41) is 3.20. The molecule has 0 amide bonds. The Morgan fingerprint density at radius 1 is 1.54 bits per heavy atom. The van der Waals surface area contributed by atoms with Crippen molar-refractivity contribution in [3.05, 3.63) is 17.7 Å². The van der Waals surface area contributed by atoms with Crippen molar-refractivity contribution in [3.63, 3.8) is 0 Å². The van der Waals surface area contributed by atoms with E-state index in [1.165, 1.54) is 12.8 Å². The molecule has 1 aliphatic carbocycles. The molecule has 0 saturated heterocycles. The first kappa shape index (κ1) is 7.08. The average Bonchev–Trinajstić information content (AvgIpc) is 2.78. The Hall–Kier alpha value is -1.36. The van der Waals surface area contributed by atoms with Gasteiger partial charge in [-0.05, 0) is 12.8 Å². The second-order valence-electron chi connectivity index (χ2n) is 3.49. The number of hydrogen-bond acceptors (Lipinski definition) is 3. The molecule has 1 saturated carbocycles. The Balaban J connectivity index is 2.09. The molecule has 5 heteroatoms. The molecule has 0 spiro atoms. The van der Waals surface area contributed by atoms with Crippen molar-refractivity contribution in [3.8, 4) is 0 Å². The second-order valence-corrected chi connectivity index (χ2v) is 3.49. The van der Waals surface area contributed by atoms with Crippen molar-refractivity contribution in [1.82, 2.24) is 19.6 Å². The summed E-state index contributed by atoms with van der Waals surface area (Å²) in [7, 11) is 0. The highest BCUT2D eigenvalue weighted by atomic mass is 15.3. The summed E-state index contributed by atoms with van der Waals surface area (Å²) < 4.78 is 1.84. The van der Waals surface area contributed by atoms with E-state index in [-0.39, 0.29) is 0 Å². The summed E-state index contributed by atoms with van der Waals surface area (Å²) >= 11 is 0. The van der Waals surface area contributed by atoms with Gasteiger partial charge in [0.1, 0.15) is 5.82 Å². The highest BCUT2D eigenvalue weighted by Gasteiger charge is 2.27. The van der Waals surface area contributed by atoms with Gasteiger partial charge in [-0.15, -0.1) is 0 Å². The maximum atomic E-state index is 5.47. The Bertz CT molecular complexity index is 405. The zero-order chi connectivity index (χ0) is 8.84. The molecule has 1 aliphatic rings. The zero-order valence-electron chi connectivity index (χ0n) is 7.20. The second kappa shape index (κ2) is 2.32. The molecule has 68 valence electrons. The minimum atomic E-state index is 0.468. The van der Waals surface area contributed by atoms with Gasteiger partial charge in [0.05, 0.1) is 11.9 Å². The number of H-pyrrole nitrogens is 1. The molecule has 0 bridgehead atoms. The lowest BCUT2D eigenvalue weighted by atomic mass is 10.4. The molecule has 1 fully saturated rings. The lowest BCUT2D eigenvalue weighted by Gasteiger charge is -1.86. The summed E-state index contributed by atoms with van der Waals surface area (Å²) in [4.78, 5) is 8.64. The van der Waals surface area contributed by atoms with Crippen LogP contribution in [0.5, 0.6) is 0 Å². The van der Waals surface area contributed by atoms with E-state index >= 15 is 0 Å². The topological polar surface area (TPSA) is 72.0 Å². The van der Waals surface area contributed by atoms with E-state index in [0.29, 0.717) is 12.5 Å². The van der Waals surface area contributed by atoms with Crippen LogP contribution in [0.2, 0.25) is 0 Å². The third kappa shape index (κ3) is 1.04. The number of nitrogens with zero attached hydrogens (tertiary/aromatic N) is 3. The zero-order valence-corrected chi connectivity index (χ0v) is 7.20. The van der Waals surface area contributed by atoms with Crippen LogP contribution in [0.25, 0.3) is 5.78 Å². The first-order valence-electron chi connectivity index (χ1n) is 4.51. The maximum Gasteiger partial charge on any atom is 0.250 e. The third-order valence-electron chi connectivity index (χ3n) is 2.37. The minimum Gasteiger partial charge on any atom is -0.325 e. The molecule has 0 unspecified atom stereocenters. The summed E-state index contributed by atoms with van der Waals surface area (Å²) in [5.41, 5.74) is 6.34. The van der Waals surface area contributed by atoms with E-state index in [1.807, 2.05) is 10.7 Å². The van der Waals surface area contributed by atoms with E-state index in [1.54, 1.807) is 0 Å².